The number of nitrogens with one attached hydrogen (secondary N) is 2. The van der Waals surface area contributed by atoms with Gasteiger partial charge in [0.05, 0.1) is 5.69 Å². The van der Waals surface area contributed by atoms with Crippen LogP contribution in [-0.2, 0) is 13.5 Å². The minimum absolute atomic E-state index is 0. The number of aliphatic imine (C=N–C) groups is 1. The fourth-order valence-electron chi connectivity index (χ4n) is 2.14. The maximum Gasteiger partial charge on any atom is 0.191 e. The SMILES string of the molecule is CCNC(=NCCCc1c(C)nn(C)c1C)NCC.I. The van der Waals surface area contributed by atoms with E-state index in [4.69, 9.17) is 0 Å². The third-order valence-corrected chi connectivity index (χ3v) is 3.20. The molecule has 0 spiro atoms. The Kier molecular flexibility index (Phi) is 9.62. The average molecular weight is 393 g/mol. The molecule has 116 valence electrons. The highest BCUT2D eigenvalue weighted by Gasteiger charge is 2.08. The van der Waals surface area contributed by atoms with Crippen LogP contribution in [0.5, 0.6) is 0 Å². The topological polar surface area (TPSA) is 54.2 Å². The quantitative estimate of drug-likeness (QED) is 0.337. The first kappa shape index (κ1) is 19.2. The first-order chi connectivity index (χ1) is 9.10. The Morgan fingerprint density at radius 1 is 1.20 bits per heavy atom. The van der Waals surface area contributed by atoms with Gasteiger partial charge in [0.1, 0.15) is 0 Å². The molecule has 0 saturated heterocycles. The van der Waals surface area contributed by atoms with Crippen molar-refractivity contribution >= 4 is 29.9 Å². The summed E-state index contributed by atoms with van der Waals surface area (Å²) in [6, 6.07) is 0. The number of hydrogen-bond donors (Lipinski definition) is 2. The van der Waals surface area contributed by atoms with Gasteiger partial charge in [-0.15, -0.1) is 24.0 Å². The van der Waals surface area contributed by atoms with E-state index in [2.05, 4.69) is 48.4 Å². The summed E-state index contributed by atoms with van der Waals surface area (Å²) in [6.07, 6.45) is 2.09. The van der Waals surface area contributed by atoms with Gasteiger partial charge in [-0.1, -0.05) is 0 Å². The second kappa shape index (κ2) is 10.0. The van der Waals surface area contributed by atoms with Crippen LogP contribution in [0.2, 0.25) is 0 Å². The number of halogens is 1. The number of aromatic nitrogens is 2. The normalized spacial score (nSPS) is 9.85. The molecule has 0 bridgehead atoms. The average Bonchev–Trinajstić information content (AvgIpc) is 2.60. The molecule has 0 unspecified atom stereocenters. The Balaban J connectivity index is 0.00000361. The van der Waals surface area contributed by atoms with Crippen LogP contribution in [0, 0.1) is 13.8 Å². The minimum Gasteiger partial charge on any atom is -0.357 e. The van der Waals surface area contributed by atoms with Crippen molar-refractivity contribution in [1.29, 1.82) is 0 Å². The molecule has 1 aromatic rings. The second-order valence-corrected chi connectivity index (χ2v) is 4.67. The molecule has 1 heterocycles. The number of guanidine groups is 1. The number of nitrogens with zero attached hydrogens (tertiary/aromatic N) is 3. The molecule has 6 heteroatoms. The van der Waals surface area contributed by atoms with E-state index >= 15 is 0 Å². The summed E-state index contributed by atoms with van der Waals surface area (Å²) < 4.78 is 1.96. The predicted molar refractivity (Wildman–Crippen MR) is 96.1 cm³/mol. The third kappa shape index (κ3) is 5.68. The zero-order valence-corrected chi connectivity index (χ0v) is 15.6. The van der Waals surface area contributed by atoms with Gasteiger partial charge in [0.2, 0.25) is 0 Å². The molecular weight excluding hydrogens is 365 g/mol. The number of aryl methyl sites for hydroxylation is 2. The first-order valence-electron chi connectivity index (χ1n) is 7.11. The monoisotopic (exact) mass is 393 g/mol. The fourth-order valence-corrected chi connectivity index (χ4v) is 2.14. The largest absolute Gasteiger partial charge is 0.357 e. The molecular formula is C14H28IN5. The Bertz CT molecular complexity index is 417. The molecule has 0 aliphatic heterocycles. The summed E-state index contributed by atoms with van der Waals surface area (Å²) in [5, 5.41) is 10.9. The molecule has 0 atom stereocenters. The smallest absolute Gasteiger partial charge is 0.191 e. The summed E-state index contributed by atoms with van der Waals surface area (Å²) >= 11 is 0. The molecule has 20 heavy (non-hydrogen) atoms. The molecule has 0 saturated carbocycles. The van der Waals surface area contributed by atoms with E-state index in [9.17, 15) is 0 Å². The summed E-state index contributed by atoms with van der Waals surface area (Å²) in [6.45, 7) is 11.0. The van der Waals surface area contributed by atoms with Crippen molar-refractivity contribution in [2.45, 2.75) is 40.5 Å². The van der Waals surface area contributed by atoms with Gasteiger partial charge in [0.25, 0.3) is 0 Å². The van der Waals surface area contributed by atoms with Crippen LogP contribution in [-0.4, -0.2) is 35.4 Å². The van der Waals surface area contributed by atoms with Gasteiger partial charge in [0.15, 0.2) is 5.96 Å². The Morgan fingerprint density at radius 3 is 2.25 bits per heavy atom. The molecule has 5 nitrogen and oxygen atoms in total. The van der Waals surface area contributed by atoms with Crippen LogP contribution < -0.4 is 10.6 Å². The van der Waals surface area contributed by atoms with Crippen molar-refractivity contribution < 1.29 is 0 Å². The van der Waals surface area contributed by atoms with Crippen molar-refractivity contribution in [3.05, 3.63) is 17.0 Å². The van der Waals surface area contributed by atoms with E-state index in [0.29, 0.717) is 0 Å². The van der Waals surface area contributed by atoms with E-state index < -0.39 is 0 Å². The third-order valence-electron chi connectivity index (χ3n) is 3.20. The first-order valence-corrected chi connectivity index (χ1v) is 7.11. The number of hydrogen-bond acceptors (Lipinski definition) is 2. The van der Waals surface area contributed by atoms with Crippen molar-refractivity contribution in [3.63, 3.8) is 0 Å². The summed E-state index contributed by atoms with van der Waals surface area (Å²) in [4.78, 5) is 4.55. The Hall–Kier alpha value is -0.790. The van der Waals surface area contributed by atoms with Crippen molar-refractivity contribution in [1.82, 2.24) is 20.4 Å². The lowest BCUT2D eigenvalue weighted by atomic mass is 10.1. The zero-order valence-electron chi connectivity index (χ0n) is 13.3. The molecule has 0 aliphatic rings. The van der Waals surface area contributed by atoms with Gasteiger partial charge in [-0.3, -0.25) is 9.67 Å². The molecule has 0 aliphatic carbocycles. The van der Waals surface area contributed by atoms with Gasteiger partial charge >= 0.3 is 0 Å². The molecule has 0 radical (unpaired) electrons. The van der Waals surface area contributed by atoms with Gasteiger partial charge in [-0.25, -0.2) is 0 Å². The molecule has 1 aromatic heterocycles. The van der Waals surface area contributed by atoms with Gasteiger partial charge < -0.3 is 10.6 Å². The molecule has 1 rings (SSSR count). The summed E-state index contributed by atoms with van der Waals surface area (Å²) in [5.74, 6) is 0.907. The predicted octanol–water partition coefficient (Wildman–Crippen LogP) is 2.16. The lowest BCUT2D eigenvalue weighted by molar-refractivity contribution is 0.728. The van der Waals surface area contributed by atoms with Crippen molar-refractivity contribution in [2.75, 3.05) is 19.6 Å². The van der Waals surface area contributed by atoms with E-state index in [1.54, 1.807) is 0 Å². The second-order valence-electron chi connectivity index (χ2n) is 4.67. The van der Waals surface area contributed by atoms with Crippen LogP contribution >= 0.6 is 24.0 Å². The number of rotatable bonds is 6. The molecule has 0 amide bonds. The highest BCUT2D eigenvalue weighted by Crippen LogP contribution is 2.13. The summed E-state index contributed by atoms with van der Waals surface area (Å²) in [7, 11) is 2.00. The highest BCUT2D eigenvalue weighted by molar-refractivity contribution is 14.0. The van der Waals surface area contributed by atoms with E-state index in [1.807, 2.05) is 11.7 Å². The Labute approximate surface area is 139 Å². The van der Waals surface area contributed by atoms with Gasteiger partial charge in [-0.05, 0) is 46.1 Å². The van der Waals surface area contributed by atoms with Gasteiger partial charge in [-0.2, -0.15) is 5.10 Å². The molecule has 2 N–H and O–H groups in total. The lowest BCUT2D eigenvalue weighted by Crippen LogP contribution is -2.37. The molecule has 0 fully saturated rings. The van der Waals surface area contributed by atoms with E-state index in [1.165, 1.54) is 11.3 Å². The minimum atomic E-state index is 0. The lowest BCUT2D eigenvalue weighted by Gasteiger charge is -2.09. The van der Waals surface area contributed by atoms with Crippen LogP contribution in [0.15, 0.2) is 4.99 Å². The van der Waals surface area contributed by atoms with Crippen molar-refractivity contribution in [2.24, 2.45) is 12.0 Å². The molecule has 0 aromatic carbocycles. The van der Waals surface area contributed by atoms with Crippen LogP contribution in [0.25, 0.3) is 0 Å². The van der Waals surface area contributed by atoms with Crippen LogP contribution in [0.1, 0.15) is 37.2 Å². The van der Waals surface area contributed by atoms with Gasteiger partial charge in [0, 0.05) is 32.4 Å². The fraction of sp³-hybridized carbons (Fsp3) is 0.714. The highest BCUT2D eigenvalue weighted by atomic mass is 127. The summed E-state index contributed by atoms with van der Waals surface area (Å²) in [5.41, 5.74) is 3.77. The maximum absolute atomic E-state index is 4.55. The standard InChI is InChI=1S/C14H27N5.HI/c1-6-15-14(16-7-2)17-10-8-9-13-11(3)18-19(5)12(13)4;/h6-10H2,1-5H3,(H2,15,16,17);1H. The van der Waals surface area contributed by atoms with Crippen LogP contribution in [0.4, 0.5) is 0 Å². The van der Waals surface area contributed by atoms with Crippen LogP contribution in [0.3, 0.4) is 0 Å². The maximum atomic E-state index is 4.55. The van der Waals surface area contributed by atoms with E-state index in [-0.39, 0.29) is 24.0 Å². The van der Waals surface area contributed by atoms with Crippen molar-refractivity contribution in [3.8, 4) is 0 Å². The van der Waals surface area contributed by atoms with E-state index in [0.717, 1.165) is 44.1 Å². The zero-order chi connectivity index (χ0) is 14.3. The Morgan fingerprint density at radius 2 is 1.80 bits per heavy atom.